The van der Waals surface area contributed by atoms with E-state index in [1.54, 1.807) is 0 Å². The number of benzene rings is 1. The van der Waals surface area contributed by atoms with Crippen LogP contribution in [0.4, 0.5) is 8.78 Å². The van der Waals surface area contributed by atoms with Gasteiger partial charge in [0, 0.05) is 0 Å². The van der Waals surface area contributed by atoms with Crippen molar-refractivity contribution in [1.29, 1.82) is 0 Å². The molecule has 6 heteroatoms. The van der Waals surface area contributed by atoms with Gasteiger partial charge in [0.1, 0.15) is 5.75 Å². The van der Waals surface area contributed by atoms with Crippen molar-refractivity contribution in [1.82, 2.24) is 0 Å². The first-order valence-electron chi connectivity index (χ1n) is 3.88. The molecule has 0 aromatic heterocycles. The van der Waals surface area contributed by atoms with Crippen molar-refractivity contribution >= 4 is 12.6 Å². The Kier molecular flexibility index (Phi) is 3.43. The molecule has 0 saturated heterocycles. The molecule has 0 spiro atoms. The van der Waals surface area contributed by atoms with Crippen LogP contribution in [0.1, 0.15) is 12.0 Å². The largest absolute Gasteiger partial charge is 0.496 e. The zero-order chi connectivity index (χ0) is 10.7. The van der Waals surface area contributed by atoms with Crippen molar-refractivity contribution in [2.24, 2.45) is 0 Å². The van der Waals surface area contributed by atoms with Gasteiger partial charge in [0.15, 0.2) is 0 Å². The second kappa shape index (κ2) is 4.39. The fraction of sp³-hybridized carbons (Fsp3) is 0.250. The third kappa shape index (κ3) is 2.21. The summed E-state index contributed by atoms with van der Waals surface area (Å²) in [5.41, 5.74) is -0.150. The number of alkyl halides is 2. The first-order chi connectivity index (χ1) is 6.56. The molecule has 0 bridgehead atoms. The normalized spacial score (nSPS) is 10.4. The molecule has 14 heavy (non-hydrogen) atoms. The molecule has 2 N–H and O–H groups in total. The third-order valence-electron chi connectivity index (χ3n) is 1.79. The summed E-state index contributed by atoms with van der Waals surface area (Å²) in [7, 11) is -0.440. The summed E-state index contributed by atoms with van der Waals surface area (Å²) in [6.45, 7) is 0. The Morgan fingerprint density at radius 3 is 2.43 bits per heavy atom. The van der Waals surface area contributed by atoms with E-state index in [1.807, 2.05) is 0 Å². The standard InChI is InChI=1S/C8H9BF2O3/c1-14-7-4-5(9(12)13)2-3-6(7)8(10)11/h2-4,8,12-13H,1H3. The molecule has 0 amide bonds. The van der Waals surface area contributed by atoms with Crippen molar-refractivity contribution in [3.05, 3.63) is 23.8 Å². The Balaban J connectivity index is 3.11. The molecule has 0 unspecified atom stereocenters. The van der Waals surface area contributed by atoms with Crippen LogP contribution in [-0.4, -0.2) is 24.3 Å². The predicted octanol–water partition coefficient (Wildman–Crippen LogP) is 0.313. The van der Waals surface area contributed by atoms with Crippen LogP contribution < -0.4 is 10.2 Å². The van der Waals surface area contributed by atoms with Gasteiger partial charge in [-0.05, 0) is 17.6 Å². The Bertz CT molecular complexity index is 317. The zero-order valence-corrected chi connectivity index (χ0v) is 7.45. The summed E-state index contributed by atoms with van der Waals surface area (Å²) < 4.78 is 29.4. The number of hydrogen-bond acceptors (Lipinski definition) is 3. The lowest BCUT2D eigenvalue weighted by Gasteiger charge is -2.09. The maximum Gasteiger partial charge on any atom is 0.488 e. The number of hydrogen-bond donors (Lipinski definition) is 2. The number of ether oxygens (including phenoxy) is 1. The highest BCUT2D eigenvalue weighted by molar-refractivity contribution is 6.58. The van der Waals surface area contributed by atoms with Crippen LogP contribution in [0.2, 0.25) is 0 Å². The van der Waals surface area contributed by atoms with Gasteiger partial charge in [-0.15, -0.1) is 0 Å². The zero-order valence-electron chi connectivity index (χ0n) is 7.45. The van der Waals surface area contributed by atoms with Crippen LogP contribution >= 0.6 is 0 Å². The van der Waals surface area contributed by atoms with E-state index in [2.05, 4.69) is 0 Å². The van der Waals surface area contributed by atoms with Crippen molar-refractivity contribution in [3.63, 3.8) is 0 Å². The minimum Gasteiger partial charge on any atom is -0.496 e. The quantitative estimate of drug-likeness (QED) is 0.693. The van der Waals surface area contributed by atoms with E-state index >= 15 is 0 Å². The van der Waals surface area contributed by atoms with Crippen LogP contribution in [0.3, 0.4) is 0 Å². The molecule has 0 radical (unpaired) electrons. The molecular formula is C8H9BF2O3. The molecule has 0 aliphatic heterocycles. The van der Waals surface area contributed by atoms with Crippen molar-refractivity contribution < 1.29 is 23.6 Å². The molecule has 0 aliphatic carbocycles. The molecule has 0 saturated carbocycles. The van der Waals surface area contributed by atoms with Crippen LogP contribution in [0.25, 0.3) is 0 Å². The summed E-state index contributed by atoms with van der Waals surface area (Å²) in [5, 5.41) is 17.6. The summed E-state index contributed by atoms with van der Waals surface area (Å²) in [4.78, 5) is 0. The van der Waals surface area contributed by atoms with Gasteiger partial charge in [-0.3, -0.25) is 0 Å². The molecule has 0 heterocycles. The lowest BCUT2D eigenvalue weighted by Crippen LogP contribution is -2.29. The Labute approximate surface area is 80.1 Å². The molecule has 0 atom stereocenters. The lowest BCUT2D eigenvalue weighted by molar-refractivity contribution is 0.147. The SMILES string of the molecule is COc1cc(B(O)O)ccc1C(F)F. The summed E-state index contributed by atoms with van der Waals surface area (Å²) >= 11 is 0. The van der Waals surface area contributed by atoms with E-state index < -0.39 is 13.5 Å². The van der Waals surface area contributed by atoms with Gasteiger partial charge in [0.05, 0.1) is 12.7 Å². The van der Waals surface area contributed by atoms with Crippen LogP contribution in [-0.2, 0) is 0 Å². The first-order valence-corrected chi connectivity index (χ1v) is 3.88. The monoisotopic (exact) mass is 202 g/mol. The maximum atomic E-state index is 12.3. The first kappa shape index (κ1) is 10.9. The Morgan fingerprint density at radius 2 is 2.00 bits per heavy atom. The fourth-order valence-electron chi connectivity index (χ4n) is 1.07. The van der Waals surface area contributed by atoms with Gasteiger partial charge in [-0.1, -0.05) is 6.07 Å². The van der Waals surface area contributed by atoms with Gasteiger partial charge in [0.2, 0.25) is 0 Å². The fourth-order valence-corrected chi connectivity index (χ4v) is 1.07. The topological polar surface area (TPSA) is 49.7 Å². The molecule has 1 aromatic carbocycles. The number of halogens is 2. The third-order valence-corrected chi connectivity index (χ3v) is 1.79. The van der Waals surface area contributed by atoms with Gasteiger partial charge in [0.25, 0.3) is 6.43 Å². The molecule has 0 fully saturated rings. The highest BCUT2D eigenvalue weighted by Gasteiger charge is 2.18. The Hall–Kier alpha value is -1.14. The average molecular weight is 202 g/mol. The molecule has 1 aromatic rings. The molecular weight excluding hydrogens is 193 g/mol. The highest BCUT2D eigenvalue weighted by Crippen LogP contribution is 2.27. The van der Waals surface area contributed by atoms with Crippen LogP contribution in [0.5, 0.6) is 5.75 Å². The maximum absolute atomic E-state index is 12.3. The van der Waals surface area contributed by atoms with E-state index in [4.69, 9.17) is 14.8 Å². The van der Waals surface area contributed by atoms with E-state index in [-0.39, 0.29) is 16.8 Å². The second-order valence-corrected chi connectivity index (χ2v) is 2.68. The molecule has 76 valence electrons. The van der Waals surface area contributed by atoms with Crippen molar-refractivity contribution in [2.45, 2.75) is 6.43 Å². The van der Waals surface area contributed by atoms with E-state index in [0.29, 0.717) is 0 Å². The molecule has 3 nitrogen and oxygen atoms in total. The summed E-state index contributed by atoms with van der Waals surface area (Å²) in [6, 6.07) is 3.50. The molecule has 1 rings (SSSR count). The van der Waals surface area contributed by atoms with E-state index in [9.17, 15) is 8.78 Å². The van der Waals surface area contributed by atoms with Crippen LogP contribution in [0.15, 0.2) is 18.2 Å². The highest BCUT2D eigenvalue weighted by atomic mass is 19.3. The second-order valence-electron chi connectivity index (χ2n) is 2.68. The average Bonchev–Trinajstić information content (AvgIpc) is 2.16. The minimum absolute atomic E-state index is 0.0504. The van der Waals surface area contributed by atoms with Crippen molar-refractivity contribution in [2.75, 3.05) is 7.11 Å². The van der Waals surface area contributed by atoms with Gasteiger partial charge in [-0.2, -0.15) is 0 Å². The predicted molar refractivity (Wildman–Crippen MR) is 47.8 cm³/mol. The van der Waals surface area contributed by atoms with E-state index in [0.717, 1.165) is 6.07 Å². The number of methoxy groups -OCH3 is 1. The smallest absolute Gasteiger partial charge is 0.488 e. The van der Waals surface area contributed by atoms with Crippen LogP contribution in [0, 0.1) is 0 Å². The summed E-state index contributed by atoms with van der Waals surface area (Å²) in [5.74, 6) is -0.0504. The Morgan fingerprint density at radius 1 is 1.36 bits per heavy atom. The summed E-state index contributed by atoms with van der Waals surface area (Å²) in [6.07, 6.45) is -2.64. The van der Waals surface area contributed by atoms with Gasteiger partial charge in [-0.25, -0.2) is 8.78 Å². The minimum atomic E-state index is -2.64. The number of rotatable bonds is 3. The van der Waals surface area contributed by atoms with Crippen molar-refractivity contribution in [3.8, 4) is 5.75 Å². The van der Waals surface area contributed by atoms with E-state index in [1.165, 1.54) is 19.2 Å². The van der Waals surface area contributed by atoms with Gasteiger partial charge < -0.3 is 14.8 Å². The molecule has 0 aliphatic rings. The lowest BCUT2D eigenvalue weighted by atomic mass is 9.80. The van der Waals surface area contributed by atoms with Gasteiger partial charge >= 0.3 is 7.12 Å².